The molecule has 1 heterocycles. The van der Waals surface area contributed by atoms with Gasteiger partial charge in [0.1, 0.15) is 5.82 Å². The zero-order valence-corrected chi connectivity index (χ0v) is 9.72. The maximum atomic E-state index is 13.5. The summed E-state index contributed by atoms with van der Waals surface area (Å²) in [5, 5.41) is 4.39. The summed E-state index contributed by atoms with van der Waals surface area (Å²) in [6, 6.07) is 3.00. The Morgan fingerprint density at radius 1 is 1.50 bits per heavy atom. The van der Waals surface area contributed by atoms with Crippen molar-refractivity contribution in [2.45, 2.75) is 6.92 Å². The first-order valence-electron chi connectivity index (χ1n) is 4.75. The number of hydrogen-bond acceptors (Lipinski definition) is 2. The summed E-state index contributed by atoms with van der Waals surface area (Å²) in [6.45, 7) is 1.81. The van der Waals surface area contributed by atoms with E-state index in [-0.39, 0.29) is 5.69 Å². The summed E-state index contributed by atoms with van der Waals surface area (Å²) in [6.07, 6.45) is 1.63. The molecule has 1 aromatic heterocycles. The molecule has 3 nitrogen and oxygen atoms in total. The fraction of sp³-hybridized carbons (Fsp3) is 0.182. The summed E-state index contributed by atoms with van der Waals surface area (Å²) in [4.78, 5) is 0. The predicted molar refractivity (Wildman–Crippen MR) is 62.8 cm³/mol. The van der Waals surface area contributed by atoms with Crippen LogP contribution in [0.1, 0.15) is 5.56 Å². The smallest absolute Gasteiger partial charge is 0.148 e. The van der Waals surface area contributed by atoms with Gasteiger partial charge in [-0.1, -0.05) is 11.6 Å². The lowest BCUT2D eigenvalue weighted by molar-refractivity contribution is 0.632. The maximum Gasteiger partial charge on any atom is 0.148 e. The average molecular weight is 240 g/mol. The summed E-state index contributed by atoms with van der Waals surface area (Å²) in [5.74, 6) is -0.508. The molecule has 2 N–H and O–H groups in total. The van der Waals surface area contributed by atoms with Crippen LogP contribution in [0.15, 0.2) is 18.3 Å². The van der Waals surface area contributed by atoms with Gasteiger partial charge in [-0.3, -0.25) is 4.68 Å². The van der Waals surface area contributed by atoms with Gasteiger partial charge in [0.2, 0.25) is 0 Å². The Balaban J connectivity index is 2.79. The van der Waals surface area contributed by atoms with Crippen LogP contribution in [0.25, 0.3) is 11.3 Å². The second-order valence-corrected chi connectivity index (χ2v) is 4.00. The third-order valence-corrected chi connectivity index (χ3v) is 2.98. The van der Waals surface area contributed by atoms with E-state index in [4.69, 9.17) is 17.3 Å². The first kappa shape index (κ1) is 11.0. The molecule has 0 atom stereocenters. The number of rotatable bonds is 1. The maximum absolute atomic E-state index is 13.5. The van der Waals surface area contributed by atoms with Crippen molar-refractivity contribution in [3.63, 3.8) is 0 Å². The lowest BCUT2D eigenvalue weighted by Gasteiger charge is -2.12. The molecular formula is C11H11ClFN3. The van der Waals surface area contributed by atoms with Crippen LogP contribution < -0.4 is 5.73 Å². The molecule has 0 radical (unpaired) electrons. The molecule has 0 aliphatic carbocycles. The number of nitrogen functional groups attached to an aromatic ring is 1. The van der Waals surface area contributed by atoms with Crippen molar-refractivity contribution in [2.24, 2.45) is 7.05 Å². The third kappa shape index (κ3) is 1.55. The molecular weight excluding hydrogens is 229 g/mol. The summed E-state index contributed by atoms with van der Waals surface area (Å²) < 4.78 is 15.1. The van der Waals surface area contributed by atoms with Crippen molar-refractivity contribution in [3.8, 4) is 11.3 Å². The number of nitrogens with two attached hydrogens (primary N) is 1. The number of nitrogens with zero attached hydrogens (tertiary/aromatic N) is 2. The largest absolute Gasteiger partial charge is 0.396 e. The third-order valence-electron chi connectivity index (χ3n) is 2.59. The van der Waals surface area contributed by atoms with Gasteiger partial charge < -0.3 is 5.73 Å². The van der Waals surface area contributed by atoms with E-state index in [1.165, 1.54) is 6.07 Å². The average Bonchev–Trinajstić information content (AvgIpc) is 2.63. The molecule has 5 heteroatoms. The van der Waals surface area contributed by atoms with E-state index in [2.05, 4.69) is 5.10 Å². The van der Waals surface area contributed by atoms with Crippen molar-refractivity contribution in [3.05, 3.63) is 34.7 Å². The van der Waals surface area contributed by atoms with E-state index in [1.54, 1.807) is 30.9 Å². The standard InChI is InChI=1S/C11H11ClFN3/c1-6-7(12)5-8(13)11(14)10(6)9-3-4-15-16(9)2/h3-5H,14H2,1-2H3. The van der Waals surface area contributed by atoms with Gasteiger partial charge in [0.15, 0.2) is 0 Å². The quantitative estimate of drug-likeness (QED) is 0.778. The molecule has 2 aromatic rings. The Bertz CT molecular complexity index is 522. The zero-order valence-electron chi connectivity index (χ0n) is 8.96. The van der Waals surface area contributed by atoms with E-state index in [1.807, 2.05) is 0 Å². The van der Waals surface area contributed by atoms with Crippen LogP contribution in [0.2, 0.25) is 5.02 Å². The Kier molecular flexibility index (Phi) is 2.59. The van der Waals surface area contributed by atoms with Crippen molar-refractivity contribution < 1.29 is 4.39 Å². The number of aryl methyl sites for hydroxylation is 1. The second-order valence-electron chi connectivity index (χ2n) is 3.59. The minimum absolute atomic E-state index is 0.102. The molecule has 0 spiro atoms. The molecule has 1 aromatic carbocycles. The van der Waals surface area contributed by atoms with Gasteiger partial charge >= 0.3 is 0 Å². The van der Waals surface area contributed by atoms with Crippen molar-refractivity contribution >= 4 is 17.3 Å². The van der Waals surface area contributed by atoms with Gasteiger partial charge in [-0.15, -0.1) is 0 Å². The highest BCUT2D eigenvalue weighted by Gasteiger charge is 2.16. The van der Waals surface area contributed by atoms with Crippen LogP contribution in [0, 0.1) is 12.7 Å². The molecule has 0 aliphatic rings. The fourth-order valence-electron chi connectivity index (χ4n) is 1.69. The number of anilines is 1. The Hall–Kier alpha value is -1.55. The predicted octanol–water partition coefficient (Wildman–Crippen LogP) is 2.77. The van der Waals surface area contributed by atoms with E-state index >= 15 is 0 Å². The molecule has 2 rings (SSSR count). The normalized spacial score (nSPS) is 10.8. The van der Waals surface area contributed by atoms with Crippen LogP contribution in [-0.4, -0.2) is 9.78 Å². The Labute approximate surface area is 97.6 Å². The summed E-state index contributed by atoms with van der Waals surface area (Å²) in [5.41, 5.74) is 7.94. The van der Waals surface area contributed by atoms with Gasteiger partial charge in [0.25, 0.3) is 0 Å². The van der Waals surface area contributed by atoms with E-state index < -0.39 is 5.82 Å². The molecule has 16 heavy (non-hydrogen) atoms. The van der Waals surface area contributed by atoms with Gasteiger partial charge in [0.05, 0.1) is 11.4 Å². The highest BCUT2D eigenvalue weighted by molar-refractivity contribution is 6.32. The minimum Gasteiger partial charge on any atom is -0.396 e. The molecule has 0 aliphatic heterocycles. The minimum atomic E-state index is -0.508. The van der Waals surface area contributed by atoms with Crippen molar-refractivity contribution in [1.29, 1.82) is 0 Å². The SMILES string of the molecule is Cc1c(Cl)cc(F)c(N)c1-c1ccnn1C. The first-order valence-corrected chi connectivity index (χ1v) is 5.12. The van der Waals surface area contributed by atoms with Gasteiger partial charge in [-0.25, -0.2) is 4.39 Å². The summed E-state index contributed by atoms with van der Waals surface area (Å²) in [7, 11) is 1.77. The lowest BCUT2D eigenvalue weighted by Crippen LogP contribution is -2.02. The number of halogens is 2. The molecule has 0 saturated carbocycles. The fourth-order valence-corrected chi connectivity index (χ4v) is 1.88. The topological polar surface area (TPSA) is 43.8 Å². The van der Waals surface area contributed by atoms with Crippen LogP contribution in [0.4, 0.5) is 10.1 Å². The van der Waals surface area contributed by atoms with Gasteiger partial charge in [0, 0.05) is 23.8 Å². The Morgan fingerprint density at radius 2 is 2.19 bits per heavy atom. The number of benzene rings is 1. The van der Waals surface area contributed by atoms with E-state index in [0.717, 1.165) is 11.3 Å². The van der Waals surface area contributed by atoms with Crippen LogP contribution in [0.5, 0.6) is 0 Å². The Morgan fingerprint density at radius 3 is 2.75 bits per heavy atom. The molecule has 84 valence electrons. The van der Waals surface area contributed by atoms with Crippen molar-refractivity contribution in [2.75, 3.05) is 5.73 Å². The molecule has 0 amide bonds. The summed E-state index contributed by atoms with van der Waals surface area (Å²) >= 11 is 5.94. The highest BCUT2D eigenvalue weighted by Crippen LogP contribution is 2.35. The highest BCUT2D eigenvalue weighted by atomic mass is 35.5. The zero-order chi connectivity index (χ0) is 11.9. The molecule has 0 bridgehead atoms. The molecule has 0 saturated heterocycles. The number of hydrogen-bond donors (Lipinski definition) is 1. The lowest BCUT2D eigenvalue weighted by atomic mass is 10.0. The van der Waals surface area contributed by atoms with Crippen LogP contribution >= 0.6 is 11.6 Å². The van der Waals surface area contributed by atoms with Crippen molar-refractivity contribution in [1.82, 2.24) is 9.78 Å². The van der Waals surface area contributed by atoms with Crippen LogP contribution in [0.3, 0.4) is 0 Å². The molecule has 0 unspecified atom stereocenters. The first-order chi connectivity index (χ1) is 7.52. The van der Waals surface area contributed by atoms with E-state index in [9.17, 15) is 4.39 Å². The second kappa shape index (κ2) is 3.79. The van der Waals surface area contributed by atoms with Crippen LogP contribution in [-0.2, 0) is 7.05 Å². The monoisotopic (exact) mass is 239 g/mol. The molecule has 0 fully saturated rings. The number of aromatic nitrogens is 2. The van der Waals surface area contributed by atoms with Gasteiger partial charge in [-0.05, 0) is 24.6 Å². The van der Waals surface area contributed by atoms with Gasteiger partial charge in [-0.2, -0.15) is 5.10 Å². The van der Waals surface area contributed by atoms with E-state index in [0.29, 0.717) is 10.6 Å².